The van der Waals surface area contributed by atoms with Crippen molar-refractivity contribution in [2.24, 2.45) is 7.05 Å². The van der Waals surface area contributed by atoms with E-state index in [1.165, 1.54) is 7.05 Å². The molecule has 0 spiro atoms. The van der Waals surface area contributed by atoms with Gasteiger partial charge in [0, 0.05) is 13.6 Å². The lowest BCUT2D eigenvalue weighted by atomic mass is 10.0. The number of hydrogen-bond donors (Lipinski definition) is 1. The Morgan fingerprint density at radius 1 is 1.42 bits per heavy atom. The number of hydrogen-bond acceptors (Lipinski definition) is 2. The zero-order chi connectivity index (χ0) is 17.4. The Morgan fingerprint density at radius 3 is 2.75 bits per heavy atom. The number of carbonyl (C=O) groups excluding carboxylic acids is 1. The van der Waals surface area contributed by atoms with E-state index >= 15 is 0 Å². The number of aromatic nitrogens is 2. The number of rotatable bonds is 5. The van der Waals surface area contributed by atoms with E-state index in [0.29, 0.717) is 10.6 Å². The highest BCUT2D eigenvalue weighted by Gasteiger charge is 2.29. The molecule has 7 heteroatoms. The van der Waals surface area contributed by atoms with Gasteiger partial charge < -0.3 is 5.32 Å². The molecule has 1 aromatic carbocycles. The van der Waals surface area contributed by atoms with E-state index in [9.17, 15) is 18.0 Å². The molecule has 0 atom stereocenters. The molecule has 0 saturated heterocycles. The minimum atomic E-state index is -3.01. The van der Waals surface area contributed by atoms with Crippen LogP contribution in [0.4, 0.5) is 13.2 Å². The Hall–Kier alpha value is -2.31. The van der Waals surface area contributed by atoms with Gasteiger partial charge in [0.05, 0.1) is 0 Å². The third-order valence-corrected chi connectivity index (χ3v) is 4.19. The van der Waals surface area contributed by atoms with Crippen molar-refractivity contribution >= 4 is 5.91 Å². The van der Waals surface area contributed by atoms with Crippen LogP contribution in [0.1, 0.15) is 57.9 Å². The SMILES string of the molecule is Cc1ccc(C2CC2)c(CNC(=O)c2c(C(F)F)nn(C)c2F)c1. The average Bonchev–Trinajstić information content (AvgIpc) is 3.32. The average molecular weight is 337 g/mol. The third-order valence-electron chi connectivity index (χ3n) is 4.19. The largest absolute Gasteiger partial charge is 0.348 e. The summed E-state index contributed by atoms with van der Waals surface area (Å²) < 4.78 is 40.5. The molecule has 1 heterocycles. The first-order chi connectivity index (χ1) is 11.4. The fourth-order valence-corrected chi connectivity index (χ4v) is 2.83. The monoisotopic (exact) mass is 337 g/mol. The van der Waals surface area contributed by atoms with Crippen molar-refractivity contribution in [3.63, 3.8) is 0 Å². The summed E-state index contributed by atoms with van der Waals surface area (Å²) in [6, 6.07) is 6.00. The number of nitrogens with zero attached hydrogens (tertiary/aromatic N) is 2. The van der Waals surface area contributed by atoms with Crippen LogP contribution in [0.2, 0.25) is 0 Å². The van der Waals surface area contributed by atoms with Gasteiger partial charge in [-0.05, 0) is 36.8 Å². The van der Waals surface area contributed by atoms with Crippen LogP contribution in [-0.2, 0) is 13.6 Å². The normalized spacial score (nSPS) is 14.2. The van der Waals surface area contributed by atoms with E-state index in [1.807, 2.05) is 25.1 Å². The summed E-state index contributed by atoms with van der Waals surface area (Å²) in [4.78, 5) is 12.2. The Balaban J connectivity index is 1.81. The summed E-state index contributed by atoms with van der Waals surface area (Å²) in [5, 5.41) is 5.94. The van der Waals surface area contributed by atoms with Crippen molar-refractivity contribution in [1.29, 1.82) is 0 Å². The van der Waals surface area contributed by atoms with Crippen LogP contribution in [-0.4, -0.2) is 15.7 Å². The minimum absolute atomic E-state index is 0.170. The second-order valence-corrected chi connectivity index (χ2v) is 6.13. The molecule has 24 heavy (non-hydrogen) atoms. The van der Waals surface area contributed by atoms with E-state index in [2.05, 4.69) is 10.4 Å². The molecule has 2 aromatic rings. The Kier molecular flexibility index (Phi) is 4.34. The number of carbonyl (C=O) groups is 1. The molecular weight excluding hydrogens is 319 g/mol. The molecule has 1 aromatic heterocycles. The number of benzene rings is 1. The van der Waals surface area contributed by atoms with Crippen molar-refractivity contribution in [3.8, 4) is 0 Å². The summed E-state index contributed by atoms with van der Waals surface area (Å²) in [5.41, 5.74) is 1.62. The molecule has 1 aliphatic carbocycles. The molecule has 0 unspecified atom stereocenters. The summed E-state index contributed by atoms with van der Waals surface area (Å²) in [5.74, 6) is -1.45. The van der Waals surface area contributed by atoms with Crippen molar-refractivity contribution < 1.29 is 18.0 Å². The smallest absolute Gasteiger partial charge is 0.283 e. The van der Waals surface area contributed by atoms with Gasteiger partial charge in [-0.15, -0.1) is 0 Å². The van der Waals surface area contributed by atoms with E-state index < -0.39 is 29.5 Å². The maximum Gasteiger partial charge on any atom is 0.283 e. The fourth-order valence-electron chi connectivity index (χ4n) is 2.83. The standard InChI is InChI=1S/C17H18F3N3O/c1-9-3-6-12(10-4-5-10)11(7-9)8-21-17(24)13-14(15(18)19)22-23(2)16(13)20/h3,6-7,10,15H,4-5,8H2,1-2H3,(H,21,24). The number of aryl methyl sites for hydroxylation is 2. The van der Waals surface area contributed by atoms with E-state index in [1.54, 1.807) is 0 Å². The molecule has 0 radical (unpaired) electrons. The summed E-state index contributed by atoms with van der Waals surface area (Å²) >= 11 is 0. The zero-order valence-corrected chi connectivity index (χ0v) is 13.4. The molecule has 1 saturated carbocycles. The van der Waals surface area contributed by atoms with Gasteiger partial charge >= 0.3 is 0 Å². The molecule has 1 fully saturated rings. The lowest BCUT2D eigenvalue weighted by Crippen LogP contribution is -2.25. The maximum absolute atomic E-state index is 13.9. The van der Waals surface area contributed by atoms with Crippen LogP contribution in [0.3, 0.4) is 0 Å². The summed E-state index contributed by atoms with van der Waals surface area (Å²) in [7, 11) is 1.18. The van der Waals surface area contributed by atoms with Crippen molar-refractivity contribution in [2.75, 3.05) is 0 Å². The first-order valence-corrected chi connectivity index (χ1v) is 7.76. The second-order valence-electron chi connectivity index (χ2n) is 6.13. The van der Waals surface area contributed by atoms with Crippen molar-refractivity contribution in [2.45, 2.75) is 38.7 Å². The fraction of sp³-hybridized carbons (Fsp3) is 0.412. The first kappa shape index (κ1) is 16.5. The minimum Gasteiger partial charge on any atom is -0.348 e. The second kappa shape index (κ2) is 6.30. The van der Waals surface area contributed by atoms with Gasteiger partial charge in [0.25, 0.3) is 12.3 Å². The highest BCUT2D eigenvalue weighted by molar-refractivity contribution is 5.95. The summed E-state index contributed by atoms with van der Waals surface area (Å²) in [6.07, 6.45) is -0.796. The predicted molar refractivity (Wildman–Crippen MR) is 82.4 cm³/mol. The molecule has 0 aliphatic heterocycles. The lowest BCUT2D eigenvalue weighted by molar-refractivity contribution is 0.0931. The van der Waals surface area contributed by atoms with Crippen LogP contribution in [0, 0.1) is 12.9 Å². The van der Waals surface area contributed by atoms with Gasteiger partial charge in [-0.3, -0.25) is 4.79 Å². The quantitative estimate of drug-likeness (QED) is 0.906. The highest BCUT2D eigenvalue weighted by atomic mass is 19.3. The Bertz CT molecular complexity index is 782. The Labute approximate surface area is 137 Å². The molecule has 1 N–H and O–H groups in total. The summed E-state index contributed by atoms with van der Waals surface area (Å²) in [6.45, 7) is 2.11. The van der Waals surface area contributed by atoms with Gasteiger partial charge in [0.2, 0.25) is 5.95 Å². The number of halogens is 3. The van der Waals surface area contributed by atoms with E-state index in [0.717, 1.165) is 29.5 Å². The van der Waals surface area contributed by atoms with E-state index in [-0.39, 0.29) is 6.54 Å². The van der Waals surface area contributed by atoms with Gasteiger partial charge in [0.1, 0.15) is 11.3 Å². The van der Waals surface area contributed by atoms with Gasteiger partial charge in [-0.25, -0.2) is 13.5 Å². The third kappa shape index (κ3) is 3.16. The predicted octanol–water partition coefficient (Wildman–Crippen LogP) is 3.61. The molecule has 3 rings (SSSR count). The maximum atomic E-state index is 13.9. The van der Waals surface area contributed by atoms with Gasteiger partial charge in [-0.1, -0.05) is 23.8 Å². The molecule has 1 aliphatic rings. The van der Waals surface area contributed by atoms with Crippen LogP contribution in [0.15, 0.2) is 18.2 Å². The lowest BCUT2D eigenvalue weighted by Gasteiger charge is -2.11. The first-order valence-electron chi connectivity index (χ1n) is 7.76. The molecule has 128 valence electrons. The van der Waals surface area contributed by atoms with Crippen LogP contribution in [0.25, 0.3) is 0 Å². The molecule has 1 amide bonds. The molecule has 4 nitrogen and oxygen atoms in total. The van der Waals surface area contributed by atoms with Crippen molar-refractivity contribution in [1.82, 2.24) is 15.1 Å². The van der Waals surface area contributed by atoms with Gasteiger partial charge in [0.15, 0.2) is 0 Å². The van der Waals surface area contributed by atoms with E-state index in [4.69, 9.17) is 0 Å². The van der Waals surface area contributed by atoms with Crippen LogP contribution >= 0.6 is 0 Å². The number of alkyl halides is 2. The zero-order valence-electron chi connectivity index (χ0n) is 13.4. The highest BCUT2D eigenvalue weighted by Crippen LogP contribution is 2.41. The van der Waals surface area contributed by atoms with Crippen LogP contribution < -0.4 is 5.32 Å². The van der Waals surface area contributed by atoms with Crippen LogP contribution in [0.5, 0.6) is 0 Å². The molecular formula is C17H18F3N3O. The van der Waals surface area contributed by atoms with Crippen molar-refractivity contribution in [3.05, 3.63) is 52.1 Å². The number of nitrogens with one attached hydrogen (secondary N) is 1. The topological polar surface area (TPSA) is 46.9 Å². The molecule has 0 bridgehead atoms. The number of amides is 1. The van der Waals surface area contributed by atoms with Gasteiger partial charge in [-0.2, -0.15) is 9.49 Å². The Morgan fingerprint density at radius 2 is 2.12 bits per heavy atom.